The molecule has 5 nitrogen and oxygen atoms in total. The zero-order chi connectivity index (χ0) is 18.1. The molecular formula is C19H25F2N3O2. The molecule has 3 aliphatic rings. The van der Waals surface area contributed by atoms with E-state index in [1.54, 1.807) is 0 Å². The first-order valence-electron chi connectivity index (χ1n) is 9.42. The fourth-order valence-corrected chi connectivity index (χ4v) is 4.44. The van der Waals surface area contributed by atoms with Crippen LogP contribution in [0, 0.1) is 23.5 Å². The Hall–Kier alpha value is -1.89. The molecule has 26 heavy (non-hydrogen) atoms. The summed E-state index contributed by atoms with van der Waals surface area (Å²) in [6.45, 7) is 5.60. The van der Waals surface area contributed by atoms with Crippen molar-refractivity contribution in [2.45, 2.75) is 32.0 Å². The number of aliphatic imine (C=N–C) groups is 1. The highest BCUT2D eigenvalue weighted by atomic mass is 19.2. The van der Waals surface area contributed by atoms with Crippen LogP contribution in [0.5, 0.6) is 5.75 Å². The van der Waals surface area contributed by atoms with Crippen LogP contribution in [-0.2, 0) is 4.74 Å². The van der Waals surface area contributed by atoms with Crippen LogP contribution in [0.25, 0.3) is 0 Å². The van der Waals surface area contributed by atoms with Crippen molar-refractivity contribution in [3.8, 4) is 5.75 Å². The van der Waals surface area contributed by atoms with Crippen LogP contribution in [0.4, 0.5) is 8.78 Å². The zero-order valence-electron chi connectivity index (χ0n) is 15.0. The summed E-state index contributed by atoms with van der Waals surface area (Å²) >= 11 is 0. The minimum atomic E-state index is -0.903. The van der Waals surface area contributed by atoms with Crippen LogP contribution in [0.15, 0.2) is 23.2 Å². The lowest BCUT2D eigenvalue weighted by atomic mass is 9.82. The summed E-state index contributed by atoms with van der Waals surface area (Å²) in [5.74, 6) is 0.679. The molecule has 142 valence electrons. The smallest absolute Gasteiger partial charge is 0.194 e. The molecule has 2 bridgehead atoms. The summed E-state index contributed by atoms with van der Waals surface area (Å²) < 4.78 is 37.6. The van der Waals surface area contributed by atoms with Gasteiger partial charge in [0.05, 0.1) is 18.8 Å². The third-order valence-electron chi connectivity index (χ3n) is 5.60. The summed E-state index contributed by atoms with van der Waals surface area (Å²) in [6, 6.07) is 3.55. The van der Waals surface area contributed by atoms with E-state index in [-0.39, 0.29) is 0 Å². The fraction of sp³-hybridized carbons (Fsp3) is 0.632. The summed E-state index contributed by atoms with van der Waals surface area (Å²) in [6.07, 6.45) is 3.23. The lowest BCUT2D eigenvalue weighted by molar-refractivity contribution is 0.0767. The van der Waals surface area contributed by atoms with Gasteiger partial charge in [0.15, 0.2) is 17.6 Å². The van der Waals surface area contributed by atoms with Gasteiger partial charge in [-0.3, -0.25) is 0 Å². The van der Waals surface area contributed by atoms with Crippen molar-refractivity contribution in [2.75, 3.05) is 32.8 Å². The van der Waals surface area contributed by atoms with Crippen LogP contribution in [0.3, 0.4) is 0 Å². The Labute approximate surface area is 152 Å². The predicted molar refractivity (Wildman–Crippen MR) is 94.3 cm³/mol. The van der Waals surface area contributed by atoms with E-state index in [4.69, 9.17) is 9.47 Å². The number of benzene rings is 1. The first kappa shape index (κ1) is 17.5. The van der Waals surface area contributed by atoms with E-state index in [1.165, 1.54) is 18.9 Å². The van der Waals surface area contributed by atoms with Gasteiger partial charge in [-0.15, -0.1) is 0 Å². The number of nitrogens with one attached hydrogen (secondary N) is 1. The molecule has 0 saturated carbocycles. The van der Waals surface area contributed by atoms with Crippen LogP contribution in [0.2, 0.25) is 0 Å². The van der Waals surface area contributed by atoms with E-state index in [2.05, 4.69) is 22.1 Å². The van der Waals surface area contributed by atoms with Crippen molar-refractivity contribution in [1.82, 2.24) is 10.2 Å². The maximum Gasteiger partial charge on any atom is 0.194 e. The number of halogens is 2. The predicted octanol–water partition coefficient (Wildman–Crippen LogP) is 2.42. The molecule has 4 unspecified atom stereocenters. The summed E-state index contributed by atoms with van der Waals surface area (Å²) in [5.41, 5.74) is 0. The summed E-state index contributed by atoms with van der Waals surface area (Å²) in [7, 11) is 0. The van der Waals surface area contributed by atoms with Crippen molar-refractivity contribution < 1.29 is 18.3 Å². The van der Waals surface area contributed by atoms with E-state index in [0.29, 0.717) is 42.9 Å². The molecule has 0 radical (unpaired) electrons. The molecule has 3 aliphatic heterocycles. The highest BCUT2D eigenvalue weighted by molar-refractivity contribution is 5.80. The molecule has 0 aliphatic carbocycles. The summed E-state index contributed by atoms with van der Waals surface area (Å²) in [4.78, 5) is 6.97. The molecule has 3 heterocycles. The van der Waals surface area contributed by atoms with E-state index < -0.39 is 11.6 Å². The molecule has 1 aromatic rings. The number of hydrogen-bond donors (Lipinski definition) is 1. The van der Waals surface area contributed by atoms with E-state index >= 15 is 0 Å². The topological polar surface area (TPSA) is 46.1 Å². The van der Waals surface area contributed by atoms with Crippen molar-refractivity contribution in [3.63, 3.8) is 0 Å². The maximum atomic E-state index is 13.2. The number of ether oxygens (including phenoxy) is 2. The molecule has 0 amide bonds. The van der Waals surface area contributed by atoms with Gasteiger partial charge in [-0.2, -0.15) is 0 Å². The molecule has 3 saturated heterocycles. The Kier molecular flexibility index (Phi) is 4.98. The Morgan fingerprint density at radius 3 is 2.62 bits per heavy atom. The molecule has 0 spiro atoms. The number of guanidine groups is 1. The van der Waals surface area contributed by atoms with Gasteiger partial charge in [-0.05, 0) is 31.9 Å². The Morgan fingerprint density at radius 2 is 1.96 bits per heavy atom. The minimum absolute atomic E-state index is 0.313. The van der Waals surface area contributed by atoms with Gasteiger partial charge in [-0.25, -0.2) is 13.8 Å². The van der Waals surface area contributed by atoms with Crippen LogP contribution in [0.1, 0.15) is 19.8 Å². The van der Waals surface area contributed by atoms with E-state index in [1.807, 2.05) is 0 Å². The van der Waals surface area contributed by atoms with Crippen molar-refractivity contribution in [2.24, 2.45) is 16.8 Å². The third-order valence-corrected chi connectivity index (χ3v) is 5.60. The lowest BCUT2D eigenvalue weighted by Crippen LogP contribution is -2.41. The van der Waals surface area contributed by atoms with E-state index in [9.17, 15) is 8.78 Å². The van der Waals surface area contributed by atoms with Crippen molar-refractivity contribution in [1.29, 1.82) is 0 Å². The minimum Gasteiger partial charge on any atom is -0.492 e. The van der Waals surface area contributed by atoms with Crippen molar-refractivity contribution in [3.05, 3.63) is 29.8 Å². The van der Waals surface area contributed by atoms with Crippen LogP contribution < -0.4 is 10.1 Å². The first-order chi connectivity index (χ1) is 12.7. The maximum absolute atomic E-state index is 13.2. The quantitative estimate of drug-likeness (QED) is 0.495. The second-order valence-corrected chi connectivity index (χ2v) is 7.18. The fourth-order valence-electron chi connectivity index (χ4n) is 4.44. The molecule has 0 aromatic heterocycles. The third kappa shape index (κ3) is 3.37. The van der Waals surface area contributed by atoms with Crippen molar-refractivity contribution >= 4 is 5.96 Å². The number of nitrogens with zero attached hydrogens (tertiary/aromatic N) is 2. The lowest BCUT2D eigenvalue weighted by Gasteiger charge is -2.23. The van der Waals surface area contributed by atoms with Gasteiger partial charge in [0.1, 0.15) is 12.4 Å². The Morgan fingerprint density at radius 1 is 1.23 bits per heavy atom. The Balaban J connectivity index is 1.32. The average Bonchev–Trinajstić information content (AvgIpc) is 3.33. The summed E-state index contributed by atoms with van der Waals surface area (Å²) in [5, 5.41) is 3.35. The number of likely N-dealkylation sites (tertiary alicyclic amines) is 1. The number of rotatable bonds is 5. The van der Waals surface area contributed by atoms with Crippen LogP contribution >= 0.6 is 0 Å². The standard InChI is InChI=1S/C19H25F2N3O2/c1-2-22-19(23-7-8-25-12-3-4-15(20)16(21)9-12)24-10-13-14(11-24)18-6-5-17(13)26-18/h3-4,9,13-14,17-18H,2,5-8,10-11H2,1H3,(H,22,23). The molecule has 4 atom stereocenters. The highest BCUT2D eigenvalue weighted by Gasteiger charge is 2.53. The van der Waals surface area contributed by atoms with Gasteiger partial charge >= 0.3 is 0 Å². The SMILES string of the molecule is CCNC(=NCCOc1ccc(F)c(F)c1)N1CC2C3CCC(O3)C2C1. The van der Waals surface area contributed by atoms with Gasteiger partial charge in [0.2, 0.25) is 0 Å². The van der Waals surface area contributed by atoms with E-state index in [0.717, 1.165) is 37.7 Å². The molecule has 1 aromatic carbocycles. The Bertz CT molecular complexity index is 667. The monoisotopic (exact) mass is 365 g/mol. The number of fused-ring (bicyclic) bond motifs is 5. The van der Waals surface area contributed by atoms with Gasteiger partial charge < -0.3 is 19.7 Å². The largest absolute Gasteiger partial charge is 0.492 e. The van der Waals surface area contributed by atoms with Gasteiger partial charge in [-0.1, -0.05) is 0 Å². The normalized spacial score (nSPS) is 30.0. The molecule has 4 rings (SSSR count). The first-order valence-corrected chi connectivity index (χ1v) is 9.42. The molecular weight excluding hydrogens is 340 g/mol. The second kappa shape index (κ2) is 7.39. The molecule has 3 fully saturated rings. The highest BCUT2D eigenvalue weighted by Crippen LogP contribution is 2.47. The average molecular weight is 365 g/mol. The van der Waals surface area contributed by atoms with Gasteiger partial charge in [0.25, 0.3) is 0 Å². The second-order valence-electron chi connectivity index (χ2n) is 7.18. The molecule has 1 N–H and O–H groups in total. The van der Waals surface area contributed by atoms with Gasteiger partial charge in [0, 0.05) is 37.5 Å². The van der Waals surface area contributed by atoms with Crippen LogP contribution in [-0.4, -0.2) is 55.9 Å². The number of hydrogen-bond acceptors (Lipinski definition) is 3. The molecule has 7 heteroatoms. The zero-order valence-corrected chi connectivity index (χ0v) is 15.0.